The lowest BCUT2D eigenvalue weighted by Crippen LogP contribution is -2.51. The van der Waals surface area contributed by atoms with Crippen molar-refractivity contribution in [3.05, 3.63) is 39.4 Å². The second-order valence-electron chi connectivity index (χ2n) is 6.17. The van der Waals surface area contributed by atoms with Gasteiger partial charge in [-0.3, -0.25) is 34.2 Å². The first-order valence-corrected chi connectivity index (χ1v) is 8.83. The Kier molecular flexibility index (Phi) is 6.99. The first kappa shape index (κ1) is 22.0. The fraction of sp³-hybridized carbons (Fsp3) is 0.444. The number of hydrogen-bond donors (Lipinski definition) is 0. The summed E-state index contributed by atoms with van der Waals surface area (Å²) >= 11 is 0. The minimum atomic E-state index is -1.28. The van der Waals surface area contributed by atoms with E-state index in [4.69, 9.17) is 9.47 Å². The Morgan fingerprint density at radius 1 is 1.28 bits per heavy atom. The Morgan fingerprint density at radius 3 is 2.55 bits per heavy atom. The second-order valence-corrected chi connectivity index (χ2v) is 6.17. The van der Waals surface area contributed by atoms with Crippen molar-refractivity contribution in [3.63, 3.8) is 0 Å². The molecule has 1 heterocycles. The van der Waals surface area contributed by atoms with Crippen LogP contribution >= 0.6 is 0 Å². The van der Waals surface area contributed by atoms with Crippen LogP contribution in [0.1, 0.15) is 34.6 Å². The normalized spacial score (nSPS) is 13.8. The molecule has 1 aromatic carbocycles. The minimum absolute atomic E-state index is 0.0296. The van der Waals surface area contributed by atoms with Crippen LogP contribution in [0.25, 0.3) is 0 Å². The van der Waals surface area contributed by atoms with E-state index in [1.165, 1.54) is 26.2 Å². The molecule has 1 aromatic rings. The number of benzene rings is 1. The van der Waals surface area contributed by atoms with E-state index in [1.807, 2.05) is 0 Å². The zero-order chi connectivity index (χ0) is 21.7. The molecule has 11 nitrogen and oxygen atoms in total. The SMILES string of the molecule is CCOC(=O)CN(CCOC)C(=O)C(C)N1C(=O)c2cccc([N+](=O)[O-])c2C1=O. The number of carbonyl (C=O) groups excluding carboxylic acids is 4. The molecule has 0 saturated carbocycles. The predicted molar refractivity (Wildman–Crippen MR) is 98.1 cm³/mol. The van der Waals surface area contributed by atoms with Gasteiger partial charge in [-0.2, -0.15) is 0 Å². The molecule has 1 atom stereocenters. The van der Waals surface area contributed by atoms with Crippen molar-refractivity contribution >= 4 is 29.4 Å². The molecule has 3 amide bonds. The molecule has 0 spiro atoms. The molecule has 1 aliphatic rings. The van der Waals surface area contributed by atoms with E-state index in [0.29, 0.717) is 4.90 Å². The molecule has 1 aliphatic heterocycles. The van der Waals surface area contributed by atoms with Crippen LogP contribution in [0.4, 0.5) is 5.69 Å². The standard InChI is InChI=1S/C18H21N3O8/c1-4-29-14(22)10-19(8-9-28-3)16(23)11(2)20-17(24)12-6-5-7-13(21(26)27)15(12)18(20)25/h5-7,11H,4,8-10H2,1-3H3. The first-order valence-electron chi connectivity index (χ1n) is 8.83. The van der Waals surface area contributed by atoms with Gasteiger partial charge >= 0.3 is 5.97 Å². The summed E-state index contributed by atoms with van der Waals surface area (Å²) in [4.78, 5) is 62.4. The number of nitro benzene ring substituents is 1. The zero-order valence-electron chi connectivity index (χ0n) is 16.2. The molecule has 0 N–H and O–H groups in total. The number of fused-ring (bicyclic) bond motifs is 1. The average Bonchev–Trinajstić information content (AvgIpc) is 2.94. The van der Waals surface area contributed by atoms with Gasteiger partial charge in [-0.25, -0.2) is 0 Å². The van der Waals surface area contributed by atoms with Crippen molar-refractivity contribution in [2.45, 2.75) is 19.9 Å². The fourth-order valence-electron chi connectivity index (χ4n) is 3.00. The third kappa shape index (κ3) is 4.40. The summed E-state index contributed by atoms with van der Waals surface area (Å²) in [7, 11) is 1.42. The number of amides is 3. The maximum atomic E-state index is 12.9. The van der Waals surface area contributed by atoms with Gasteiger partial charge in [0, 0.05) is 19.7 Å². The summed E-state index contributed by atoms with van der Waals surface area (Å²) in [5.41, 5.74) is -1.00. The molecule has 29 heavy (non-hydrogen) atoms. The highest BCUT2D eigenvalue weighted by molar-refractivity contribution is 6.24. The lowest BCUT2D eigenvalue weighted by molar-refractivity contribution is -0.385. The van der Waals surface area contributed by atoms with E-state index < -0.39 is 40.3 Å². The number of esters is 1. The topological polar surface area (TPSA) is 136 Å². The van der Waals surface area contributed by atoms with Crippen LogP contribution in [0, 0.1) is 10.1 Å². The number of hydrogen-bond acceptors (Lipinski definition) is 8. The van der Waals surface area contributed by atoms with Crippen LogP contribution in [-0.2, 0) is 19.1 Å². The number of nitrogens with zero attached hydrogens (tertiary/aromatic N) is 3. The van der Waals surface area contributed by atoms with Crippen molar-refractivity contribution in [2.75, 3.05) is 33.4 Å². The highest BCUT2D eigenvalue weighted by atomic mass is 16.6. The van der Waals surface area contributed by atoms with Crippen LogP contribution in [0.15, 0.2) is 18.2 Å². The maximum absolute atomic E-state index is 12.9. The first-order chi connectivity index (χ1) is 13.7. The summed E-state index contributed by atoms with van der Waals surface area (Å²) in [5, 5.41) is 11.2. The van der Waals surface area contributed by atoms with E-state index in [9.17, 15) is 29.3 Å². The minimum Gasteiger partial charge on any atom is -0.465 e. The molecule has 156 valence electrons. The maximum Gasteiger partial charge on any atom is 0.325 e. The van der Waals surface area contributed by atoms with E-state index >= 15 is 0 Å². The molecular weight excluding hydrogens is 386 g/mol. The molecule has 2 rings (SSSR count). The highest BCUT2D eigenvalue weighted by Gasteiger charge is 2.45. The summed E-state index contributed by atoms with van der Waals surface area (Å²) in [5.74, 6) is -3.08. The number of imide groups is 1. The van der Waals surface area contributed by atoms with Gasteiger partial charge in [-0.1, -0.05) is 6.07 Å². The molecule has 0 aliphatic carbocycles. The molecule has 11 heteroatoms. The van der Waals surface area contributed by atoms with Gasteiger partial charge in [0.25, 0.3) is 17.5 Å². The second kappa shape index (κ2) is 9.24. The summed E-state index contributed by atoms with van der Waals surface area (Å²) in [6.45, 7) is 2.83. The predicted octanol–water partition coefficient (Wildman–Crippen LogP) is 0.617. The van der Waals surface area contributed by atoms with Gasteiger partial charge in [0.15, 0.2) is 0 Å². The Balaban J connectivity index is 2.30. The number of ether oxygens (including phenoxy) is 2. The van der Waals surface area contributed by atoms with Crippen molar-refractivity contribution in [1.82, 2.24) is 9.80 Å². The number of rotatable bonds is 9. The molecule has 1 unspecified atom stereocenters. The van der Waals surface area contributed by atoms with Gasteiger partial charge < -0.3 is 14.4 Å². The quantitative estimate of drug-likeness (QED) is 0.251. The third-order valence-corrected chi connectivity index (χ3v) is 4.37. The van der Waals surface area contributed by atoms with Crippen LogP contribution in [0.2, 0.25) is 0 Å². The molecule has 0 bridgehead atoms. The Labute approximate surface area is 166 Å². The van der Waals surface area contributed by atoms with Crippen LogP contribution in [0.5, 0.6) is 0 Å². The van der Waals surface area contributed by atoms with Gasteiger partial charge in [0.2, 0.25) is 5.91 Å². The Bertz CT molecular complexity index is 854. The van der Waals surface area contributed by atoms with Crippen LogP contribution in [0.3, 0.4) is 0 Å². The van der Waals surface area contributed by atoms with Gasteiger partial charge in [-0.15, -0.1) is 0 Å². The Morgan fingerprint density at radius 2 is 1.97 bits per heavy atom. The van der Waals surface area contributed by atoms with Crippen LogP contribution < -0.4 is 0 Å². The zero-order valence-corrected chi connectivity index (χ0v) is 16.2. The number of methoxy groups -OCH3 is 1. The van der Waals surface area contributed by atoms with Crippen molar-refractivity contribution in [1.29, 1.82) is 0 Å². The fourth-order valence-corrected chi connectivity index (χ4v) is 3.00. The monoisotopic (exact) mass is 407 g/mol. The molecule has 0 radical (unpaired) electrons. The largest absolute Gasteiger partial charge is 0.465 e. The number of nitro groups is 1. The lowest BCUT2D eigenvalue weighted by Gasteiger charge is -2.28. The van der Waals surface area contributed by atoms with Crippen molar-refractivity contribution in [3.8, 4) is 0 Å². The smallest absolute Gasteiger partial charge is 0.325 e. The van der Waals surface area contributed by atoms with Crippen LogP contribution in [-0.4, -0.2) is 77.9 Å². The average molecular weight is 407 g/mol. The van der Waals surface area contributed by atoms with E-state index in [2.05, 4.69) is 0 Å². The number of carbonyl (C=O) groups is 4. The summed E-state index contributed by atoms with van der Waals surface area (Å²) < 4.78 is 9.78. The van der Waals surface area contributed by atoms with Gasteiger partial charge in [-0.05, 0) is 19.9 Å². The van der Waals surface area contributed by atoms with Gasteiger partial charge in [0.1, 0.15) is 18.2 Å². The summed E-state index contributed by atoms with van der Waals surface area (Å²) in [6.07, 6.45) is 0. The van der Waals surface area contributed by atoms with E-state index in [0.717, 1.165) is 11.0 Å². The highest BCUT2D eigenvalue weighted by Crippen LogP contribution is 2.32. The molecule has 0 fully saturated rings. The van der Waals surface area contributed by atoms with Gasteiger partial charge in [0.05, 0.1) is 23.7 Å². The Hall–Kier alpha value is -3.34. The third-order valence-electron chi connectivity index (χ3n) is 4.37. The molecule has 0 saturated heterocycles. The lowest BCUT2D eigenvalue weighted by atomic mass is 10.1. The molecule has 0 aromatic heterocycles. The van der Waals surface area contributed by atoms with E-state index in [-0.39, 0.29) is 37.4 Å². The summed E-state index contributed by atoms with van der Waals surface area (Å²) in [6, 6.07) is 2.42. The van der Waals surface area contributed by atoms with E-state index in [1.54, 1.807) is 6.92 Å². The van der Waals surface area contributed by atoms with Crippen molar-refractivity contribution < 1.29 is 33.6 Å². The van der Waals surface area contributed by atoms with Crippen molar-refractivity contribution in [2.24, 2.45) is 0 Å². The molecular formula is C18H21N3O8.